The van der Waals surface area contributed by atoms with Crippen LogP contribution in [-0.4, -0.2) is 60.0 Å². The van der Waals surface area contributed by atoms with Gasteiger partial charge in [0.15, 0.2) is 16.7 Å². The van der Waals surface area contributed by atoms with E-state index in [4.69, 9.17) is 9.72 Å². The molecule has 3 atom stereocenters. The summed E-state index contributed by atoms with van der Waals surface area (Å²) in [4.78, 5) is 17.3. The van der Waals surface area contributed by atoms with E-state index in [1.54, 1.807) is 6.92 Å². The number of hydrogen-bond acceptors (Lipinski definition) is 6. The van der Waals surface area contributed by atoms with Crippen molar-refractivity contribution in [1.82, 2.24) is 9.55 Å². The Morgan fingerprint density at radius 2 is 1.91 bits per heavy atom. The minimum absolute atomic E-state index is 0.0218. The number of aryl methyl sites for hydroxylation is 1. The second-order valence-corrected chi connectivity index (χ2v) is 19.6. The predicted molar refractivity (Wildman–Crippen MR) is 174 cm³/mol. The Hall–Kier alpha value is -3.31. The Labute approximate surface area is 261 Å². The van der Waals surface area contributed by atoms with Crippen molar-refractivity contribution < 1.29 is 28.5 Å². The lowest BCUT2D eigenvalue weighted by atomic mass is 9.80. The zero-order valence-electron chi connectivity index (χ0n) is 25.5. The van der Waals surface area contributed by atoms with Gasteiger partial charge in [-0.25, -0.2) is 14.0 Å². The van der Waals surface area contributed by atoms with Gasteiger partial charge in [0.1, 0.15) is 23.2 Å². The summed E-state index contributed by atoms with van der Waals surface area (Å²) in [5.74, 6) is -0.654. The first-order chi connectivity index (χ1) is 21.0. The highest BCUT2D eigenvalue weighted by Gasteiger charge is 2.47. The molecule has 8 nitrogen and oxygen atoms in total. The largest absolute Gasteiger partial charge is 0.505 e. The lowest BCUT2D eigenvalue weighted by Crippen LogP contribution is -2.49. The fourth-order valence-electron chi connectivity index (χ4n) is 6.84. The molecule has 6 rings (SSSR count). The summed E-state index contributed by atoms with van der Waals surface area (Å²) in [7, 11) is -1.68. The maximum absolute atomic E-state index is 12.5. The summed E-state index contributed by atoms with van der Waals surface area (Å²) in [6.07, 6.45) is 4.75. The van der Waals surface area contributed by atoms with Gasteiger partial charge in [0.25, 0.3) is 0 Å². The number of ether oxygens (including phenoxy) is 1. The van der Waals surface area contributed by atoms with Gasteiger partial charge >= 0.3 is 5.97 Å². The molecule has 232 valence electrons. The number of rotatable bonds is 10. The van der Waals surface area contributed by atoms with Gasteiger partial charge in [-0.05, 0) is 59.6 Å². The third kappa shape index (κ3) is 5.64. The maximum atomic E-state index is 12.5. The van der Waals surface area contributed by atoms with Crippen LogP contribution >= 0.6 is 0 Å². The first kappa shape index (κ1) is 30.7. The highest BCUT2D eigenvalue weighted by molar-refractivity contribution is 7.79. The number of hydrogen-bond donors (Lipinski definition) is 3. The Balaban J connectivity index is 1.21. The molecule has 44 heavy (non-hydrogen) atoms. The molecule has 3 aromatic rings. The first-order valence-corrected chi connectivity index (χ1v) is 20.0. The molecule has 10 heteroatoms. The molecular formula is C34H40N2O6SSi. The molecule has 0 radical (unpaired) electrons. The molecular weight excluding hydrogens is 593 g/mol. The van der Waals surface area contributed by atoms with Crippen molar-refractivity contribution in [2.45, 2.75) is 81.6 Å². The number of carbonyl (C=O) groups excluding carboxylic acids is 1. The Kier molecular flexibility index (Phi) is 8.29. The number of imidazole rings is 1. The minimum Gasteiger partial charge on any atom is -0.505 e. The molecule has 2 unspecified atom stereocenters. The fourth-order valence-corrected chi connectivity index (χ4v) is 10.0. The number of aromatic nitrogens is 2. The van der Waals surface area contributed by atoms with E-state index in [0.717, 1.165) is 41.5 Å². The average Bonchev–Trinajstić information content (AvgIpc) is 3.37. The van der Waals surface area contributed by atoms with Crippen LogP contribution in [0.1, 0.15) is 47.7 Å². The molecule has 1 aromatic heterocycles. The van der Waals surface area contributed by atoms with Gasteiger partial charge < -0.3 is 24.1 Å². The van der Waals surface area contributed by atoms with Gasteiger partial charge in [-0.2, -0.15) is 0 Å². The molecule has 2 aliphatic heterocycles. The monoisotopic (exact) mass is 632 g/mol. The number of esters is 1. The number of cyclic esters (lactones) is 1. The van der Waals surface area contributed by atoms with Crippen LogP contribution < -0.4 is 10.8 Å². The predicted octanol–water partition coefficient (Wildman–Crippen LogP) is 3.76. The Bertz CT molecular complexity index is 1800. The number of carbonyl (C=O) groups is 1. The van der Waals surface area contributed by atoms with E-state index in [1.807, 2.05) is 41.0 Å². The molecule has 0 saturated heterocycles. The Morgan fingerprint density at radius 3 is 2.64 bits per heavy atom. The molecule has 0 fully saturated rings. The second kappa shape index (κ2) is 11.9. The van der Waals surface area contributed by atoms with E-state index in [2.05, 4.69) is 31.3 Å². The van der Waals surface area contributed by atoms with Crippen molar-refractivity contribution in [3.8, 4) is 0 Å². The number of aliphatic hydroxyl groups excluding tert-OH is 1. The summed E-state index contributed by atoms with van der Waals surface area (Å²) in [6.45, 7) is 6.96. The van der Waals surface area contributed by atoms with E-state index >= 15 is 0 Å². The molecule has 1 aliphatic carbocycles. The van der Waals surface area contributed by atoms with Gasteiger partial charge in [0.05, 0.1) is 17.5 Å². The molecule has 3 heterocycles. The van der Waals surface area contributed by atoms with Crippen molar-refractivity contribution in [3.05, 3.63) is 98.5 Å². The molecule has 0 saturated carbocycles. The highest BCUT2D eigenvalue weighted by Crippen LogP contribution is 2.36. The SMILES string of the molecule is CC[C@@]1(O)C(=O)OCC2=C1Cc1nc3n(c1=C2O)Cc1c(cccc1CC[Si](C)(C)CCC(Cc1ccccc1)S(=O)O)C=3. The summed E-state index contributed by atoms with van der Waals surface area (Å²) >= 11 is -1.87. The van der Waals surface area contributed by atoms with Crippen LogP contribution in [0.3, 0.4) is 0 Å². The van der Waals surface area contributed by atoms with Crippen LogP contribution in [0.25, 0.3) is 11.8 Å². The quantitative estimate of drug-likeness (QED) is 0.138. The van der Waals surface area contributed by atoms with Crippen LogP contribution in [0, 0.1) is 0 Å². The van der Waals surface area contributed by atoms with Gasteiger partial charge in [-0.1, -0.05) is 80.6 Å². The van der Waals surface area contributed by atoms with Crippen LogP contribution in [0.5, 0.6) is 0 Å². The van der Waals surface area contributed by atoms with Gasteiger partial charge in [0.2, 0.25) is 0 Å². The molecule has 0 amide bonds. The van der Waals surface area contributed by atoms with Crippen molar-refractivity contribution in [2.75, 3.05) is 6.61 Å². The van der Waals surface area contributed by atoms with Gasteiger partial charge in [0, 0.05) is 20.1 Å². The zero-order chi connectivity index (χ0) is 31.2. The van der Waals surface area contributed by atoms with E-state index in [9.17, 15) is 23.8 Å². The van der Waals surface area contributed by atoms with Crippen LogP contribution in [0.4, 0.5) is 0 Å². The second-order valence-electron chi connectivity index (χ2n) is 13.0. The smallest absolute Gasteiger partial charge is 0.342 e. The highest BCUT2D eigenvalue weighted by atomic mass is 32.2. The van der Waals surface area contributed by atoms with E-state index < -0.39 is 30.7 Å². The summed E-state index contributed by atoms with van der Waals surface area (Å²) in [5.41, 5.74) is 5.27. The minimum atomic E-state index is -1.87. The van der Waals surface area contributed by atoms with Crippen LogP contribution in [-0.2, 0) is 46.4 Å². The molecule has 0 spiro atoms. The van der Waals surface area contributed by atoms with Crippen LogP contribution in [0.2, 0.25) is 25.2 Å². The van der Waals surface area contributed by atoms with Crippen molar-refractivity contribution in [1.29, 1.82) is 0 Å². The third-order valence-electron chi connectivity index (χ3n) is 9.70. The average molecular weight is 633 g/mol. The molecule has 0 bridgehead atoms. The number of aliphatic hydroxyl groups is 2. The number of fused-ring (bicyclic) bond motifs is 4. The lowest BCUT2D eigenvalue weighted by Gasteiger charge is -2.35. The summed E-state index contributed by atoms with van der Waals surface area (Å²) in [5, 5.41) is 22.9. The maximum Gasteiger partial charge on any atom is 0.342 e. The van der Waals surface area contributed by atoms with Crippen LogP contribution in [0.15, 0.2) is 59.7 Å². The van der Waals surface area contributed by atoms with Crippen molar-refractivity contribution >= 4 is 37.0 Å². The normalized spacial score (nSPS) is 20.6. The number of nitrogens with zero attached hydrogens (tertiary/aromatic N) is 2. The topological polar surface area (TPSA) is 122 Å². The molecule has 2 aromatic carbocycles. The van der Waals surface area contributed by atoms with Gasteiger partial charge in [-0.3, -0.25) is 0 Å². The number of benzene rings is 2. The van der Waals surface area contributed by atoms with Crippen molar-refractivity contribution in [2.24, 2.45) is 0 Å². The lowest BCUT2D eigenvalue weighted by molar-refractivity contribution is -0.163. The summed E-state index contributed by atoms with van der Waals surface area (Å²) in [6, 6.07) is 18.3. The first-order valence-electron chi connectivity index (χ1n) is 15.4. The van der Waals surface area contributed by atoms with E-state index in [0.29, 0.717) is 35.2 Å². The van der Waals surface area contributed by atoms with E-state index in [1.165, 1.54) is 11.1 Å². The fraction of sp³-hybridized carbons (Fsp3) is 0.412. The third-order valence-corrected chi connectivity index (χ3v) is 13.9. The van der Waals surface area contributed by atoms with Crippen molar-refractivity contribution in [3.63, 3.8) is 0 Å². The Morgan fingerprint density at radius 1 is 1.14 bits per heavy atom. The molecule has 3 N–H and O–H groups in total. The standard InChI is InChI=1S/C34H40N2O6SSi/c1-4-34(39)28-19-29-31(32(37)27(28)21-42-33(34)38)36-20-26-23(11-8-12-24(26)18-30(36)35-29)13-15-44(2,3)16-14-25(43(40)41)17-22-9-6-5-7-10-22/h5-12,18,25,37,39H,4,13-17,19-21H2,1-3H3,(H,40,41)/t25?,34-/m0/s1. The van der Waals surface area contributed by atoms with Gasteiger partial charge in [-0.15, -0.1) is 0 Å². The summed E-state index contributed by atoms with van der Waals surface area (Å²) < 4.78 is 29.5. The zero-order valence-corrected chi connectivity index (χ0v) is 27.3. The van der Waals surface area contributed by atoms with E-state index in [-0.39, 0.29) is 30.5 Å². The molecule has 3 aliphatic rings.